The molecule has 1 aromatic rings. The van der Waals surface area contributed by atoms with E-state index in [-0.39, 0.29) is 36.2 Å². The molecule has 128 valence electrons. The molecule has 1 aliphatic heterocycles. The molecular weight excluding hydrogens is 314 g/mol. The summed E-state index contributed by atoms with van der Waals surface area (Å²) in [6, 6.07) is 7.62. The summed E-state index contributed by atoms with van der Waals surface area (Å²) in [5.41, 5.74) is 7.28. The highest BCUT2D eigenvalue weighted by Gasteiger charge is 2.25. The van der Waals surface area contributed by atoms with E-state index in [2.05, 4.69) is 5.32 Å². The second-order valence-electron chi connectivity index (χ2n) is 6.13. The SMILES string of the molecule is CC(C)C(=O)NC1CCN(C(=O)c2ccc(CN)cc2)CC1.Cl. The lowest BCUT2D eigenvalue weighted by Gasteiger charge is -2.32. The van der Waals surface area contributed by atoms with Crippen LogP contribution in [0.15, 0.2) is 24.3 Å². The Balaban J connectivity index is 0.00000264. The average Bonchev–Trinajstić information content (AvgIpc) is 2.55. The van der Waals surface area contributed by atoms with Crippen LogP contribution in [0.1, 0.15) is 42.6 Å². The van der Waals surface area contributed by atoms with Crippen LogP contribution in [-0.2, 0) is 11.3 Å². The van der Waals surface area contributed by atoms with Gasteiger partial charge in [0.1, 0.15) is 0 Å². The first kappa shape index (κ1) is 19.5. The Morgan fingerprint density at radius 2 is 1.78 bits per heavy atom. The first-order valence-electron chi connectivity index (χ1n) is 7.90. The number of rotatable bonds is 4. The molecule has 0 saturated carbocycles. The molecule has 0 spiro atoms. The molecule has 1 heterocycles. The van der Waals surface area contributed by atoms with Gasteiger partial charge in [-0.2, -0.15) is 0 Å². The van der Waals surface area contributed by atoms with Crippen LogP contribution in [0.4, 0.5) is 0 Å². The number of hydrogen-bond acceptors (Lipinski definition) is 3. The summed E-state index contributed by atoms with van der Waals surface area (Å²) in [6.45, 7) is 5.62. The van der Waals surface area contributed by atoms with Crippen molar-refractivity contribution in [1.29, 1.82) is 0 Å². The number of halogens is 1. The topological polar surface area (TPSA) is 75.4 Å². The number of piperidine rings is 1. The van der Waals surface area contributed by atoms with Crippen LogP contribution in [0.25, 0.3) is 0 Å². The summed E-state index contributed by atoms with van der Waals surface area (Å²) in [4.78, 5) is 26.0. The first-order chi connectivity index (χ1) is 10.5. The summed E-state index contributed by atoms with van der Waals surface area (Å²) < 4.78 is 0. The van der Waals surface area contributed by atoms with Crippen molar-refractivity contribution in [3.63, 3.8) is 0 Å². The number of likely N-dealkylation sites (tertiary alicyclic amines) is 1. The zero-order valence-corrected chi connectivity index (χ0v) is 14.6. The van der Waals surface area contributed by atoms with Gasteiger partial charge in [0.2, 0.25) is 5.91 Å². The summed E-state index contributed by atoms with van der Waals surface area (Å²) in [5.74, 6) is 0.139. The molecule has 0 bridgehead atoms. The number of nitrogens with zero attached hydrogens (tertiary/aromatic N) is 1. The van der Waals surface area contributed by atoms with E-state index in [1.807, 2.05) is 43.0 Å². The number of nitrogens with one attached hydrogen (secondary N) is 1. The van der Waals surface area contributed by atoms with Crippen LogP contribution < -0.4 is 11.1 Å². The first-order valence-corrected chi connectivity index (χ1v) is 7.90. The third-order valence-electron chi connectivity index (χ3n) is 4.09. The fourth-order valence-electron chi connectivity index (χ4n) is 2.56. The highest BCUT2D eigenvalue weighted by atomic mass is 35.5. The maximum absolute atomic E-state index is 12.4. The van der Waals surface area contributed by atoms with Crippen molar-refractivity contribution in [3.05, 3.63) is 35.4 Å². The molecule has 2 amide bonds. The lowest BCUT2D eigenvalue weighted by Crippen LogP contribution is -2.47. The van der Waals surface area contributed by atoms with Crippen molar-refractivity contribution in [3.8, 4) is 0 Å². The summed E-state index contributed by atoms with van der Waals surface area (Å²) in [7, 11) is 0. The van der Waals surface area contributed by atoms with Crippen molar-refractivity contribution >= 4 is 24.2 Å². The standard InChI is InChI=1S/C17H25N3O2.ClH/c1-12(2)16(21)19-15-7-9-20(10-8-15)17(22)14-5-3-13(11-18)4-6-14;/h3-6,12,15H,7-11,18H2,1-2H3,(H,19,21);1H. The summed E-state index contributed by atoms with van der Waals surface area (Å²) in [6.07, 6.45) is 1.62. The fourth-order valence-corrected chi connectivity index (χ4v) is 2.56. The Bertz CT molecular complexity index is 523. The largest absolute Gasteiger partial charge is 0.353 e. The van der Waals surface area contributed by atoms with Gasteiger partial charge in [0.05, 0.1) is 0 Å². The number of hydrogen-bond donors (Lipinski definition) is 2. The van der Waals surface area contributed by atoms with Gasteiger partial charge in [0.15, 0.2) is 0 Å². The predicted octanol–water partition coefficient (Wildman–Crippen LogP) is 1.94. The molecule has 1 aromatic carbocycles. The Kier molecular flexibility index (Phi) is 7.52. The quantitative estimate of drug-likeness (QED) is 0.880. The number of amides is 2. The van der Waals surface area contributed by atoms with Crippen LogP contribution in [0.2, 0.25) is 0 Å². The molecule has 0 radical (unpaired) electrons. The van der Waals surface area contributed by atoms with Gasteiger partial charge in [-0.15, -0.1) is 12.4 Å². The maximum atomic E-state index is 12.4. The molecule has 5 nitrogen and oxygen atoms in total. The van der Waals surface area contributed by atoms with Crippen LogP contribution in [0, 0.1) is 5.92 Å². The zero-order chi connectivity index (χ0) is 16.1. The van der Waals surface area contributed by atoms with Crippen LogP contribution in [-0.4, -0.2) is 35.8 Å². The minimum absolute atomic E-state index is 0. The smallest absolute Gasteiger partial charge is 0.253 e. The lowest BCUT2D eigenvalue weighted by atomic mass is 10.0. The Labute approximate surface area is 144 Å². The molecule has 0 unspecified atom stereocenters. The van der Waals surface area contributed by atoms with E-state index in [9.17, 15) is 9.59 Å². The molecule has 1 fully saturated rings. The molecule has 0 atom stereocenters. The van der Waals surface area contributed by atoms with Crippen molar-refractivity contribution < 1.29 is 9.59 Å². The van der Waals surface area contributed by atoms with Crippen molar-refractivity contribution in [1.82, 2.24) is 10.2 Å². The molecule has 2 rings (SSSR count). The van der Waals surface area contributed by atoms with Gasteiger partial charge in [0, 0.05) is 37.2 Å². The Hall–Kier alpha value is -1.59. The minimum atomic E-state index is 0. The van der Waals surface area contributed by atoms with Crippen LogP contribution in [0.5, 0.6) is 0 Å². The van der Waals surface area contributed by atoms with Gasteiger partial charge in [-0.25, -0.2) is 0 Å². The molecule has 0 aromatic heterocycles. The van der Waals surface area contributed by atoms with E-state index in [4.69, 9.17) is 5.73 Å². The normalized spacial score (nSPS) is 15.2. The molecule has 1 saturated heterocycles. The summed E-state index contributed by atoms with van der Waals surface area (Å²) in [5, 5.41) is 3.04. The molecule has 3 N–H and O–H groups in total. The van der Waals surface area contributed by atoms with Gasteiger partial charge in [-0.3, -0.25) is 9.59 Å². The van der Waals surface area contributed by atoms with Crippen molar-refractivity contribution in [2.24, 2.45) is 11.7 Å². The third-order valence-corrected chi connectivity index (χ3v) is 4.09. The van der Waals surface area contributed by atoms with Gasteiger partial charge >= 0.3 is 0 Å². The number of nitrogens with two attached hydrogens (primary N) is 1. The van der Waals surface area contributed by atoms with Gasteiger partial charge < -0.3 is 16.0 Å². The van der Waals surface area contributed by atoms with E-state index in [0.29, 0.717) is 25.2 Å². The summed E-state index contributed by atoms with van der Waals surface area (Å²) >= 11 is 0. The highest BCUT2D eigenvalue weighted by Crippen LogP contribution is 2.15. The zero-order valence-electron chi connectivity index (χ0n) is 13.7. The third kappa shape index (κ3) is 5.22. The van der Waals surface area contributed by atoms with E-state index >= 15 is 0 Å². The number of carbonyl (C=O) groups is 2. The monoisotopic (exact) mass is 339 g/mol. The molecule has 0 aliphatic carbocycles. The second-order valence-corrected chi connectivity index (χ2v) is 6.13. The van der Waals surface area contributed by atoms with E-state index in [1.54, 1.807) is 0 Å². The predicted molar refractivity (Wildman–Crippen MR) is 93.5 cm³/mol. The second kappa shape index (κ2) is 8.89. The van der Waals surface area contributed by atoms with E-state index in [1.165, 1.54) is 0 Å². The van der Waals surface area contributed by atoms with Crippen molar-refractivity contribution in [2.75, 3.05) is 13.1 Å². The van der Waals surface area contributed by atoms with Gasteiger partial charge in [-0.1, -0.05) is 26.0 Å². The lowest BCUT2D eigenvalue weighted by molar-refractivity contribution is -0.124. The van der Waals surface area contributed by atoms with Gasteiger partial charge in [-0.05, 0) is 30.5 Å². The van der Waals surface area contributed by atoms with E-state index in [0.717, 1.165) is 18.4 Å². The van der Waals surface area contributed by atoms with Crippen molar-refractivity contribution in [2.45, 2.75) is 39.3 Å². The fraction of sp³-hybridized carbons (Fsp3) is 0.529. The molecular formula is C17H26ClN3O2. The maximum Gasteiger partial charge on any atom is 0.253 e. The molecule has 6 heteroatoms. The minimum Gasteiger partial charge on any atom is -0.353 e. The van der Waals surface area contributed by atoms with Crippen LogP contribution >= 0.6 is 12.4 Å². The Morgan fingerprint density at radius 3 is 2.26 bits per heavy atom. The molecule has 1 aliphatic rings. The number of carbonyl (C=O) groups excluding carboxylic acids is 2. The average molecular weight is 340 g/mol. The highest BCUT2D eigenvalue weighted by molar-refractivity contribution is 5.94. The molecule has 23 heavy (non-hydrogen) atoms. The van der Waals surface area contributed by atoms with Crippen LogP contribution in [0.3, 0.4) is 0 Å². The van der Waals surface area contributed by atoms with Gasteiger partial charge in [0.25, 0.3) is 5.91 Å². The van der Waals surface area contributed by atoms with E-state index < -0.39 is 0 Å². The number of benzene rings is 1. The Morgan fingerprint density at radius 1 is 1.22 bits per heavy atom.